The summed E-state index contributed by atoms with van der Waals surface area (Å²) in [5.74, 6) is -0.0625. The van der Waals surface area contributed by atoms with Gasteiger partial charge >= 0.3 is 0 Å². The molecule has 3 aromatic rings. The molecule has 0 saturated carbocycles. The molecule has 0 atom stereocenters. The summed E-state index contributed by atoms with van der Waals surface area (Å²) < 4.78 is 1.79. The molecule has 1 N–H and O–H groups in total. The van der Waals surface area contributed by atoms with Crippen LogP contribution in [0.3, 0.4) is 0 Å². The average Bonchev–Trinajstić information content (AvgIpc) is 3.20. The van der Waals surface area contributed by atoms with Crippen molar-refractivity contribution in [1.82, 2.24) is 20.0 Å². The van der Waals surface area contributed by atoms with Gasteiger partial charge in [0.2, 0.25) is 5.91 Å². The zero-order valence-electron chi connectivity index (χ0n) is 17.1. The number of likely N-dealkylation sites (tertiary alicyclic amines) is 1. The molecule has 0 radical (unpaired) electrons. The van der Waals surface area contributed by atoms with Crippen molar-refractivity contribution in [3.63, 3.8) is 0 Å². The Bertz CT molecular complexity index is 1010. The number of nitrogens with zero attached hydrogens (tertiary/aromatic N) is 3. The Morgan fingerprint density at radius 3 is 2.30 bits per heavy atom. The van der Waals surface area contributed by atoms with Gasteiger partial charge < -0.3 is 10.2 Å². The van der Waals surface area contributed by atoms with Crippen molar-refractivity contribution in [2.24, 2.45) is 5.92 Å². The number of carbonyl (C=O) groups excluding carboxylic acids is 2. The fraction of sp³-hybridized carbons (Fsp3) is 0.292. The zero-order valence-corrected chi connectivity index (χ0v) is 17.1. The molecule has 6 nitrogen and oxygen atoms in total. The highest BCUT2D eigenvalue weighted by Gasteiger charge is 2.29. The van der Waals surface area contributed by atoms with Gasteiger partial charge in [0.25, 0.3) is 5.91 Å². The van der Waals surface area contributed by atoms with E-state index in [1.807, 2.05) is 73.7 Å². The molecule has 4 rings (SSSR count). The van der Waals surface area contributed by atoms with E-state index in [-0.39, 0.29) is 17.7 Å². The van der Waals surface area contributed by atoms with Crippen LogP contribution < -0.4 is 5.32 Å². The Labute approximate surface area is 176 Å². The van der Waals surface area contributed by atoms with Crippen LogP contribution in [-0.2, 0) is 11.3 Å². The molecule has 0 bridgehead atoms. The van der Waals surface area contributed by atoms with Crippen LogP contribution in [-0.4, -0.2) is 39.6 Å². The van der Waals surface area contributed by atoms with Crippen molar-refractivity contribution >= 4 is 11.8 Å². The number of para-hydroxylation sites is 1. The fourth-order valence-electron chi connectivity index (χ4n) is 3.85. The van der Waals surface area contributed by atoms with Gasteiger partial charge in [-0.25, -0.2) is 4.68 Å². The predicted molar refractivity (Wildman–Crippen MR) is 115 cm³/mol. The molecule has 2 amide bonds. The summed E-state index contributed by atoms with van der Waals surface area (Å²) in [6.45, 7) is 3.62. The van der Waals surface area contributed by atoms with E-state index in [1.165, 1.54) is 0 Å². The Hall–Kier alpha value is -3.41. The lowest BCUT2D eigenvalue weighted by Gasteiger charge is -2.30. The second-order valence-electron chi connectivity index (χ2n) is 7.69. The van der Waals surface area contributed by atoms with Gasteiger partial charge in [0.1, 0.15) is 0 Å². The van der Waals surface area contributed by atoms with Crippen LogP contribution in [0.5, 0.6) is 0 Å². The largest absolute Gasteiger partial charge is 0.352 e. The van der Waals surface area contributed by atoms with E-state index < -0.39 is 0 Å². The highest BCUT2D eigenvalue weighted by molar-refractivity contribution is 5.92. The quantitative estimate of drug-likeness (QED) is 0.712. The van der Waals surface area contributed by atoms with Gasteiger partial charge in [0, 0.05) is 31.2 Å². The molecular weight excluding hydrogens is 376 g/mol. The summed E-state index contributed by atoms with van der Waals surface area (Å²) in [5, 5.41) is 7.53. The van der Waals surface area contributed by atoms with Gasteiger partial charge in [-0.2, -0.15) is 5.10 Å². The molecule has 0 unspecified atom stereocenters. The van der Waals surface area contributed by atoms with E-state index in [0.717, 1.165) is 16.9 Å². The first-order valence-corrected chi connectivity index (χ1v) is 10.3. The summed E-state index contributed by atoms with van der Waals surface area (Å²) >= 11 is 0. The molecule has 1 aromatic heterocycles. The van der Waals surface area contributed by atoms with Crippen molar-refractivity contribution in [3.8, 4) is 5.69 Å². The Morgan fingerprint density at radius 2 is 1.63 bits per heavy atom. The minimum Gasteiger partial charge on any atom is -0.352 e. The molecule has 1 saturated heterocycles. The highest BCUT2D eigenvalue weighted by Crippen LogP contribution is 2.20. The lowest BCUT2D eigenvalue weighted by atomic mass is 9.95. The number of piperidine rings is 1. The highest BCUT2D eigenvalue weighted by atomic mass is 16.2. The molecule has 1 fully saturated rings. The number of amides is 2. The summed E-state index contributed by atoms with van der Waals surface area (Å²) in [6.07, 6.45) is 1.34. The number of nitrogens with one attached hydrogen (secondary N) is 1. The molecule has 1 aliphatic heterocycles. The van der Waals surface area contributed by atoms with Crippen LogP contribution in [0.1, 0.15) is 34.6 Å². The molecule has 2 aromatic carbocycles. The second-order valence-corrected chi connectivity index (χ2v) is 7.69. The third-order valence-corrected chi connectivity index (χ3v) is 5.57. The van der Waals surface area contributed by atoms with E-state index in [1.54, 1.807) is 9.58 Å². The maximum Gasteiger partial charge on any atom is 0.274 e. The van der Waals surface area contributed by atoms with Crippen LogP contribution >= 0.6 is 0 Å². The van der Waals surface area contributed by atoms with Crippen molar-refractivity contribution < 1.29 is 9.59 Å². The smallest absolute Gasteiger partial charge is 0.274 e. The number of hydrogen-bond donors (Lipinski definition) is 1. The minimum atomic E-state index is -0.0732. The molecule has 0 aliphatic carbocycles. The number of carbonyl (C=O) groups is 2. The molecule has 30 heavy (non-hydrogen) atoms. The Kier molecular flexibility index (Phi) is 5.93. The summed E-state index contributed by atoms with van der Waals surface area (Å²) in [6, 6.07) is 21.5. The van der Waals surface area contributed by atoms with E-state index in [2.05, 4.69) is 10.4 Å². The Morgan fingerprint density at radius 1 is 1.00 bits per heavy atom. The van der Waals surface area contributed by atoms with Gasteiger partial charge in [0.15, 0.2) is 5.69 Å². The molecule has 1 aliphatic rings. The Balaban J connectivity index is 1.33. The molecular formula is C24H26N4O2. The SMILES string of the molecule is Cc1cc(C(=O)N2CCC(C(=O)NCc3ccccc3)CC2)nn1-c1ccccc1. The first kappa shape index (κ1) is 19.9. The number of hydrogen-bond acceptors (Lipinski definition) is 3. The number of rotatable bonds is 5. The molecule has 154 valence electrons. The first-order valence-electron chi connectivity index (χ1n) is 10.3. The number of aryl methyl sites for hydroxylation is 1. The van der Waals surface area contributed by atoms with E-state index in [9.17, 15) is 9.59 Å². The monoisotopic (exact) mass is 402 g/mol. The van der Waals surface area contributed by atoms with Gasteiger partial charge in [0.05, 0.1) is 5.69 Å². The van der Waals surface area contributed by atoms with Gasteiger partial charge in [-0.1, -0.05) is 48.5 Å². The van der Waals surface area contributed by atoms with Gasteiger partial charge in [-0.3, -0.25) is 9.59 Å². The molecule has 6 heteroatoms. The van der Waals surface area contributed by atoms with Crippen molar-refractivity contribution in [2.45, 2.75) is 26.3 Å². The third kappa shape index (κ3) is 4.43. The van der Waals surface area contributed by atoms with Gasteiger partial charge in [-0.15, -0.1) is 0 Å². The lowest BCUT2D eigenvalue weighted by Crippen LogP contribution is -2.43. The predicted octanol–water partition coefficient (Wildman–Crippen LogP) is 3.35. The maximum atomic E-state index is 12.9. The van der Waals surface area contributed by atoms with Crippen molar-refractivity contribution in [1.29, 1.82) is 0 Å². The number of benzene rings is 2. The summed E-state index contributed by atoms with van der Waals surface area (Å²) in [4.78, 5) is 27.2. The van der Waals surface area contributed by atoms with E-state index >= 15 is 0 Å². The van der Waals surface area contributed by atoms with Crippen LogP contribution in [0.2, 0.25) is 0 Å². The average molecular weight is 402 g/mol. The third-order valence-electron chi connectivity index (χ3n) is 5.57. The van der Waals surface area contributed by atoms with E-state index in [4.69, 9.17) is 0 Å². The topological polar surface area (TPSA) is 67.2 Å². The molecule has 0 spiro atoms. The van der Waals surface area contributed by atoms with Crippen LogP contribution in [0.25, 0.3) is 5.69 Å². The minimum absolute atomic E-state index is 0.0543. The number of aromatic nitrogens is 2. The van der Waals surface area contributed by atoms with Crippen molar-refractivity contribution in [3.05, 3.63) is 83.7 Å². The van der Waals surface area contributed by atoms with E-state index in [0.29, 0.717) is 38.2 Å². The summed E-state index contributed by atoms with van der Waals surface area (Å²) in [7, 11) is 0. The summed E-state index contributed by atoms with van der Waals surface area (Å²) in [5.41, 5.74) is 3.38. The van der Waals surface area contributed by atoms with Gasteiger partial charge in [-0.05, 0) is 43.5 Å². The standard InChI is InChI=1S/C24H26N4O2/c1-18-16-22(26-28(18)21-10-6-3-7-11-21)24(30)27-14-12-20(13-15-27)23(29)25-17-19-8-4-2-5-9-19/h2-11,16,20H,12-15,17H2,1H3,(H,25,29). The maximum absolute atomic E-state index is 12.9. The van der Waals surface area contributed by atoms with Crippen LogP contribution in [0.4, 0.5) is 0 Å². The normalized spacial score (nSPS) is 14.5. The van der Waals surface area contributed by atoms with Crippen LogP contribution in [0, 0.1) is 12.8 Å². The lowest BCUT2D eigenvalue weighted by molar-refractivity contribution is -0.126. The fourth-order valence-corrected chi connectivity index (χ4v) is 3.85. The first-order chi connectivity index (χ1) is 14.6. The zero-order chi connectivity index (χ0) is 20.9. The second kappa shape index (κ2) is 8.95. The van der Waals surface area contributed by atoms with Crippen molar-refractivity contribution in [2.75, 3.05) is 13.1 Å². The molecule has 2 heterocycles. The van der Waals surface area contributed by atoms with Crippen LogP contribution in [0.15, 0.2) is 66.7 Å².